The predicted molar refractivity (Wildman–Crippen MR) is 86.1 cm³/mol. The lowest BCUT2D eigenvalue weighted by atomic mass is 9.97. The number of halogens is 1. The van der Waals surface area contributed by atoms with Gasteiger partial charge in [0.15, 0.2) is 0 Å². The molecule has 5 heteroatoms. The van der Waals surface area contributed by atoms with E-state index in [1.165, 1.54) is 6.07 Å². The van der Waals surface area contributed by atoms with Crippen LogP contribution in [-0.2, 0) is 6.54 Å². The van der Waals surface area contributed by atoms with Gasteiger partial charge in [0, 0.05) is 31.2 Å². The normalized spacial score (nSPS) is 19.2. The summed E-state index contributed by atoms with van der Waals surface area (Å²) in [5.41, 5.74) is 0.744. The highest BCUT2D eigenvalue weighted by Gasteiger charge is 2.21. The molecule has 0 unspecified atom stereocenters. The van der Waals surface area contributed by atoms with Gasteiger partial charge in [0.25, 0.3) is 0 Å². The summed E-state index contributed by atoms with van der Waals surface area (Å²) in [4.78, 5) is 13.9. The van der Waals surface area contributed by atoms with Crippen LogP contribution in [0.15, 0.2) is 24.3 Å². The van der Waals surface area contributed by atoms with Gasteiger partial charge in [-0.1, -0.05) is 18.2 Å². The van der Waals surface area contributed by atoms with E-state index in [4.69, 9.17) is 0 Å². The van der Waals surface area contributed by atoms with Gasteiger partial charge in [-0.2, -0.15) is 0 Å². The van der Waals surface area contributed by atoms with Gasteiger partial charge < -0.3 is 10.6 Å². The Kier molecular flexibility index (Phi) is 6.19. The van der Waals surface area contributed by atoms with Gasteiger partial charge in [0.05, 0.1) is 0 Å². The number of hydrogen-bond acceptors (Lipinski definition) is 2. The Bertz CT molecular complexity index is 493. The zero-order valence-corrected chi connectivity index (χ0v) is 13.4. The molecule has 0 bridgehead atoms. The molecule has 1 aromatic carbocycles. The summed E-state index contributed by atoms with van der Waals surface area (Å²) in [5, 5.41) is 5.76. The zero-order valence-electron chi connectivity index (χ0n) is 13.4. The second kappa shape index (κ2) is 8.13. The standard InChI is InChI=1S/C17H26FN3O/c1-13(2)20-17(22)19-10-14-6-5-9-21(11-14)12-15-7-3-4-8-16(15)18/h3-4,7-8,13-14H,5-6,9-12H2,1-2H3,(H2,19,20,22)/t14-/m0/s1. The molecular formula is C17H26FN3O. The quantitative estimate of drug-likeness (QED) is 0.878. The van der Waals surface area contributed by atoms with Crippen LogP contribution in [0.3, 0.4) is 0 Å². The van der Waals surface area contributed by atoms with Gasteiger partial charge in [0.1, 0.15) is 5.82 Å². The molecule has 1 aliphatic rings. The molecule has 1 heterocycles. The molecule has 1 aromatic rings. The summed E-state index contributed by atoms with van der Waals surface area (Å²) in [7, 11) is 0. The van der Waals surface area contributed by atoms with E-state index in [0.29, 0.717) is 19.0 Å². The van der Waals surface area contributed by atoms with Gasteiger partial charge in [-0.25, -0.2) is 9.18 Å². The first-order valence-corrected chi connectivity index (χ1v) is 8.04. The molecule has 2 amide bonds. The lowest BCUT2D eigenvalue weighted by Crippen LogP contribution is -2.45. The average molecular weight is 307 g/mol. The number of benzene rings is 1. The number of carbonyl (C=O) groups excluding carboxylic acids is 1. The van der Waals surface area contributed by atoms with Crippen LogP contribution in [0.2, 0.25) is 0 Å². The Morgan fingerprint density at radius 1 is 1.41 bits per heavy atom. The van der Waals surface area contributed by atoms with E-state index in [9.17, 15) is 9.18 Å². The summed E-state index contributed by atoms with van der Waals surface area (Å²) in [5.74, 6) is 0.289. The van der Waals surface area contributed by atoms with E-state index in [1.54, 1.807) is 6.07 Å². The van der Waals surface area contributed by atoms with Crippen molar-refractivity contribution < 1.29 is 9.18 Å². The molecule has 0 aromatic heterocycles. The number of nitrogens with zero attached hydrogens (tertiary/aromatic N) is 1. The second-order valence-corrected chi connectivity index (χ2v) is 6.34. The molecule has 0 aliphatic carbocycles. The molecule has 0 radical (unpaired) electrons. The van der Waals surface area contributed by atoms with Crippen LogP contribution in [-0.4, -0.2) is 36.6 Å². The first-order chi connectivity index (χ1) is 10.5. The maximum Gasteiger partial charge on any atom is 0.314 e. The van der Waals surface area contributed by atoms with Crippen molar-refractivity contribution in [2.24, 2.45) is 5.92 Å². The molecule has 1 atom stereocenters. The topological polar surface area (TPSA) is 44.4 Å². The second-order valence-electron chi connectivity index (χ2n) is 6.34. The number of amides is 2. The molecule has 2 N–H and O–H groups in total. The van der Waals surface area contributed by atoms with Crippen LogP contribution in [0, 0.1) is 11.7 Å². The van der Waals surface area contributed by atoms with E-state index >= 15 is 0 Å². The maximum absolute atomic E-state index is 13.7. The number of carbonyl (C=O) groups is 1. The number of piperidine rings is 1. The van der Waals surface area contributed by atoms with Crippen molar-refractivity contribution in [3.63, 3.8) is 0 Å². The smallest absolute Gasteiger partial charge is 0.314 e. The Morgan fingerprint density at radius 3 is 2.91 bits per heavy atom. The van der Waals surface area contributed by atoms with E-state index in [-0.39, 0.29) is 17.9 Å². The van der Waals surface area contributed by atoms with Crippen molar-refractivity contribution in [3.05, 3.63) is 35.6 Å². The van der Waals surface area contributed by atoms with Crippen LogP contribution >= 0.6 is 0 Å². The molecular weight excluding hydrogens is 281 g/mol. The Balaban J connectivity index is 1.79. The van der Waals surface area contributed by atoms with Crippen LogP contribution in [0.4, 0.5) is 9.18 Å². The largest absolute Gasteiger partial charge is 0.338 e. The first-order valence-electron chi connectivity index (χ1n) is 8.04. The SMILES string of the molecule is CC(C)NC(=O)NC[C@@H]1CCCN(Cc2ccccc2F)C1. The van der Waals surface area contributed by atoms with Crippen LogP contribution in [0.1, 0.15) is 32.3 Å². The van der Waals surface area contributed by atoms with Gasteiger partial charge in [-0.15, -0.1) is 0 Å². The summed E-state index contributed by atoms with van der Waals surface area (Å²) < 4.78 is 13.7. The Hall–Kier alpha value is -1.62. The van der Waals surface area contributed by atoms with Crippen molar-refractivity contribution in [1.82, 2.24) is 15.5 Å². The first kappa shape index (κ1) is 16.7. The lowest BCUT2D eigenvalue weighted by molar-refractivity contribution is 0.163. The minimum atomic E-state index is -0.140. The van der Waals surface area contributed by atoms with Crippen molar-refractivity contribution >= 4 is 6.03 Å². The summed E-state index contributed by atoms with van der Waals surface area (Å²) >= 11 is 0. The minimum absolute atomic E-state index is 0.110. The average Bonchev–Trinajstić information content (AvgIpc) is 2.47. The van der Waals surface area contributed by atoms with Crippen molar-refractivity contribution in [2.45, 2.75) is 39.3 Å². The fraction of sp³-hybridized carbons (Fsp3) is 0.588. The molecule has 1 aliphatic heterocycles. The Labute approximate surface area is 132 Å². The molecule has 0 spiro atoms. The number of likely N-dealkylation sites (tertiary alicyclic amines) is 1. The van der Waals surface area contributed by atoms with Gasteiger partial charge in [0.2, 0.25) is 0 Å². The molecule has 1 fully saturated rings. The van der Waals surface area contributed by atoms with Gasteiger partial charge >= 0.3 is 6.03 Å². The lowest BCUT2D eigenvalue weighted by Gasteiger charge is -2.33. The summed E-state index contributed by atoms with van der Waals surface area (Å²) in [6.07, 6.45) is 2.20. The minimum Gasteiger partial charge on any atom is -0.338 e. The van der Waals surface area contributed by atoms with E-state index < -0.39 is 0 Å². The molecule has 0 saturated carbocycles. The molecule has 1 saturated heterocycles. The summed E-state index contributed by atoms with van der Waals surface area (Å²) in [6, 6.07) is 6.97. The van der Waals surface area contributed by atoms with E-state index in [0.717, 1.165) is 31.5 Å². The highest BCUT2D eigenvalue weighted by atomic mass is 19.1. The van der Waals surface area contributed by atoms with E-state index in [1.807, 2.05) is 26.0 Å². The van der Waals surface area contributed by atoms with Crippen molar-refractivity contribution in [1.29, 1.82) is 0 Å². The van der Waals surface area contributed by atoms with Crippen LogP contribution in [0.25, 0.3) is 0 Å². The molecule has 4 nitrogen and oxygen atoms in total. The van der Waals surface area contributed by atoms with Crippen molar-refractivity contribution in [3.8, 4) is 0 Å². The van der Waals surface area contributed by atoms with Crippen molar-refractivity contribution in [2.75, 3.05) is 19.6 Å². The van der Waals surface area contributed by atoms with Crippen LogP contribution < -0.4 is 10.6 Å². The molecule has 2 rings (SSSR count). The third-order valence-electron chi connectivity index (χ3n) is 3.93. The monoisotopic (exact) mass is 307 g/mol. The fourth-order valence-corrected chi connectivity index (χ4v) is 2.88. The fourth-order valence-electron chi connectivity index (χ4n) is 2.88. The molecule has 22 heavy (non-hydrogen) atoms. The zero-order chi connectivity index (χ0) is 15.9. The van der Waals surface area contributed by atoms with E-state index in [2.05, 4.69) is 15.5 Å². The molecule has 122 valence electrons. The number of hydrogen-bond donors (Lipinski definition) is 2. The number of nitrogens with one attached hydrogen (secondary N) is 2. The highest BCUT2D eigenvalue weighted by Crippen LogP contribution is 2.19. The summed E-state index contributed by atoms with van der Waals surface area (Å²) in [6.45, 7) is 7.08. The number of urea groups is 1. The highest BCUT2D eigenvalue weighted by molar-refractivity contribution is 5.74. The van der Waals surface area contributed by atoms with Crippen LogP contribution in [0.5, 0.6) is 0 Å². The number of rotatable bonds is 5. The predicted octanol–water partition coefficient (Wildman–Crippen LogP) is 2.75. The maximum atomic E-state index is 13.7. The third-order valence-corrected chi connectivity index (χ3v) is 3.93. The van der Waals surface area contributed by atoms with Gasteiger partial charge in [-0.3, -0.25) is 4.90 Å². The Morgan fingerprint density at radius 2 is 2.18 bits per heavy atom. The van der Waals surface area contributed by atoms with Gasteiger partial charge in [-0.05, 0) is 45.2 Å². The third kappa shape index (κ3) is 5.30.